The molecule has 2 heterocycles. The van der Waals surface area contributed by atoms with Gasteiger partial charge in [-0.15, -0.1) is 12.4 Å². The largest absolute Gasteiger partial charge is 0.311 e. The van der Waals surface area contributed by atoms with Crippen molar-refractivity contribution >= 4 is 12.4 Å². The van der Waals surface area contributed by atoms with Crippen molar-refractivity contribution in [2.24, 2.45) is 0 Å². The summed E-state index contributed by atoms with van der Waals surface area (Å²) in [5.41, 5.74) is 0. The second kappa shape index (κ2) is 3.30. The predicted molar refractivity (Wildman–Crippen MR) is 49.3 cm³/mol. The molecule has 0 aromatic carbocycles. The fourth-order valence-electron chi connectivity index (χ4n) is 2.23. The third kappa shape index (κ3) is 1.53. The van der Waals surface area contributed by atoms with Crippen LogP contribution in [-0.4, -0.2) is 36.1 Å². The molecule has 0 radical (unpaired) electrons. The maximum atomic E-state index is 3.50. The van der Waals surface area contributed by atoms with Crippen LogP contribution in [0.15, 0.2) is 0 Å². The van der Waals surface area contributed by atoms with Gasteiger partial charge in [0.25, 0.3) is 0 Å². The van der Waals surface area contributed by atoms with E-state index in [0.717, 1.165) is 18.1 Å². The third-order valence-electron chi connectivity index (χ3n) is 2.76. The molecule has 0 spiro atoms. The average Bonchev–Trinajstić information content (AvgIpc) is 2.44. The van der Waals surface area contributed by atoms with Crippen LogP contribution < -0.4 is 5.32 Å². The van der Waals surface area contributed by atoms with Crippen LogP contribution in [-0.2, 0) is 0 Å². The lowest BCUT2D eigenvalue weighted by molar-refractivity contribution is 0.181. The number of nitrogens with zero attached hydrogens (tertiary/aromatic N) is 1. The van der Waals surface area contributed by atoms with E-state index in [1.807, 2.05) is 0 Å². The molecular formula is C8H17ClN2. The molecule has 0 aliphatic carbocycles. The molecule has 66 valence electrons. The van der Waals surface area contributed by atoms with Crippen LogP contribution in [0.25, 0.3) is 0 Å². The zero-order valence-electron chi connectivity index (χ0n) is 7.21. The number of hydrogen-bond acceptors (Lipinski definition) is 2. The first-order chi connectivity index (χ1) is 4.77. The van der Waals surface area contributed by atoms with Gasteiger partial charge in [-0.25, -0.2) is 0 Å². The van der Waals surface area contributed by atoms with Gasteiger partial charge in [0.1, 0.15) is 0 Å². The van der Waals surface area contributed by atoms with E-state index < -0.39 is 0 Å². The lowest BCUT2D eigenvalue weighted by Gasteiger charge is -2.30. The highest BCUT2D eigenvalue weighted by Crippen LogP contribution is 2.24. The Morgan fingerprint density at radius 2 is 2.18 bits per heavy atom. The molecule has 0 aromatic rings. The van der Waals surface area contributed by atoms with E-state index in [2.05, 4.69) is 24.1 Å². The summed E-state index contributed by atoms with van der Waals surface area (Å²) < 4.78 is 0. The zero-order chi connectivity index (χ0) is 7.14. The molecule has 2 saturated heterocycles. The van der Waals surface area contributed by atoms with Gasteiger partial charge in [-0.3, -0.25) is 4.90 Å². The van der Waals surface area contributed by atoms with Gasteiger partial charge >= 0.3 is 0 Å². The molecule has 11 heavy (non-hydrogen) atoms. The molecule has 2 bridgehead atoms. The van der Waals surface area contributed by atoms with Gasteiger partial charge in [0.15, 0.2) is 0 Å². The van der Waals surface area contributed by atoms with Crippen molar-refractivity contribution in [2.75, 3.05) is 13.1 Å². The summed E-state index contributed by atoms with van der Waals surface area (Å²) >= 11 is 0. The van der Waals surface area contributed by atoms with E-state index in [-0.39, 0.29) is 12.4 Å². The van der Waals surface area contributed by atoms with Gasteiger partial charge in [0.05, 0.1) is 0 Å². The van der Waals surface area contributed by atoms with Crippen molar-refractivity contribution in [3.05, 3.63) is 0 Å². The summed E-state index contributed by atoms with van der Waals surface area (Å²) in [4.78, 5) is 2.61. The van der Waals surface area contributed by atoms with Gasteiger partial charge in [0.2, 0.25) is 0 Å². The summed E-state index contributed by atoms with van der Waals surface area (Å²) in [5.74, 6) is 0. The van der Waals surface area contributed by atoms with Crippen molar-refractivity contribution in [1.29, 1.82) is 0 Å². The topological polar surface area (TPSA) is 15.3 Å². The fourth-order valence-corrected chi connectivity index (χ4v) is 2.23. The van der Waals surface area contributed by atoms with E-state index in [4.69, 9.17) is 0 Å². The maximum Gasteiger partial charge on any atom is 0.0239 e. The van der Waals surface area contributed by atoms with Crippen LogP contribution in [0.1, 0.15) is 20.3 Å². The number of likely N-dealkylation sites (tertiary alicyclic amines) is 1. The number of rotatable bonds is 1. The van der Waals surface area contributed by atoms with E-state index in [1.165, 1.54) is 19.5 Å². The minimum atomic E-state index is 0. The van der Waals surface area contributed by atoms with Crippen LogP contribution >= 0.6 is 12.4 Å². The number of hydrogen-bond donors (Lipinski definition) is 1. The molecule has 2 aliphatic heterocycles. The van der Waals surface area contributed by atoms with Crippen molar-refractivity contribution < 1.29 is 0 Å². The quantitative estimate of drug-likeness (QED) is 0.638. The first-order valence-electron chi connectivity index (χ1n) is 4.26. The highest BCUT2D eigenvalue weighted by molar-refractivity contribution is 5.85. The van der Waals surface area contributed by atoms with Crippen LogP contribution in [0.3, 0.4) is 0 Å². The lowest BCUT2D eigenvalue weighted by atomic mass is 10.2. The van der Waals surface area contributed by atoms with E-state index in [1.54, 1.807) is 0 Å². The summed E-state index contributed by atoms with van der Waals surface area (Å²) in [6.07, 6.45) is 1.39. The van der Waals surface area contributed by atoms with Gasteiger partial charge in [-0.1, -0.05) is 0 Å². The average molecular weight is 177 g/mol. The van der Waals surface area contributed by atoms with E-state index >= 15 is 0 Å². The van der Waals surface area contributed by atoms with Crippen LogP contribution in [0, 0.1) is 0 Å². The van der Waals surface area contributed by atoms with Crippen molar-refractivity contribution in [2.45, 2.75) is 38.4 Å². The maximum absolute atomic E-state index is 3.50. The van der Waals surface area contributed by atoms with Gasteiger partial charge < -0.3 is 5.32 Å². The molecule has 2 aliphatic rings. The Morgan fingerprint density at radius 3 is 2.45 bits per heavy atom. The number of halogens is 1. The molecule has 1 N–H and O–H groups in total. The summed E-state index contributed by atoms with van der Waals surface area (Å²) in [7, 11) is 0. The highest BCUT2D eigenvalue weighted by Gasteiger charge is 2.38. The summed E-state index contributed by atoms with van der Waals surface area (Å²) in [6, 6.07) is 2.41. The smallest absolute Gasteiger partial charge is 0.0239 e. The monoisotopic (exact) mass is 176 g/mol. The Labute approximate surface area is 74.7 Å². The number of fused-ring (bicyclic) bond motifs is 2. The predicted octanol–water partition coefficient (Wildman–Crippen LogP) is 0.863. The van der Waals surface area contributed by atoms with Crippen LogP contribution in [0.5, 0.6) is 0 Å². The summed E-state index contributed by atoms with van der Waals surface area (Å²) in [6.45, 7) is 7.09. The minimum Gasteiger partial charge on any atom is -0.311 e. The standard InChI is InChI=1S/C8H16N2.ClH/c1-6(2)10-5-7-3-8(10)4-9-7;/h6-9H,3-5H2,1-2H3;1H/t7-,8-;/m0./s1. The number of piperazine rings is 1. The van der Waals surface area contributed by atoms with Crippen molar-refractivity contribution in [1.82, 2.24) is 10.2 Å². The van der Waals surface area contributed by atoms with Gasteiger partial charge in [-0.2, -0.15) is 0 Å². The molecule has 2 nitrogen and oxygen atoms in total. The molecule has 2 fully saturated rings. The second-order valence-electron chi connectivity index (χ2n) is 3.79. The first-order valence-corrected chi connectivity index (χ1v) is 4.26. The zero-order valence-corrected chi connectivity index (χ0v) is 8.03. The molecule has 0 amide bonds. The van der Waals surface area contributed by atoms with Crippen molar-refractivity contribution in [3.8, 4) is 0 Å². The molecule has 0 aromatic heterocycles. The second-order valence-corrected chi connectivity index (χ2v) is 3.79. The molecule has 2 atom stereocenters. The summed E-state index contributed by atoms with van der Waals surface area (Å²) in [5, 5.41) is 3.50. The molecule has 0 unspecified atom stereocenters. The number of nitrogens with one attached hydrogen (secondary N) is 1. The van der Waals surface area contributed by atoms with E-state index in [9.17, 15) is 0 Å². The molecule has 0 saturated carbocycles. The van der Waals surface area contributed by atoms with E-state index in [0.29, 0.717) is 0 Å². The lowest BCUT2D eigenvalue weighted by Crippen LogP contribution is -2.46. The van der Waals surface area contributed by atoms with Gasteiger partial charge in [-0.05, 0) is 20.3 Å². The highest BCUT2D eigenvalue weighted by atomic mass is 35.5. The Kier molecular flexibility index (Phi) is 2.79. The molecular weight excluding hydrogens is 160 g/mol. The molecule has 2 rings (SSSR count). The van der Waals surface area contributed by atoms with Crippen LogP contribution in [0.4, 0.5) is 0 Å². The normalized spacial score (nSPS) is 36.3. The Balaban J connectivity index is 0.000000605. The van der Waals surface area contributed by atoms with Crippen LogP contribution in [0.2, 0.25) is 0 Å². The van der Waals surface area contributed by atoms with Gasteiger partial charge in [0, 0.05) is 31.2 Å². The third-order valence-corrected chi connectivity index (χ3v) is 2.76. The van der Waals surface area contributed by atoms with Crippen molar-refractivity contribution in [3.63, 3.8) is 0 Å². The Bertz CT molecular complexity index is 138. The Hall–Kier alpha value is 0.210. The minimum absolute atomic E-state index is 0. The Morgan fingerprint density at radius 1 is 1.45 bits per heavy atom. The SMILES string of the molecule is CC(C)N1C[C@@H]2C[C@H]1CN2.Cl. The molecule has 3 heteroatoms. The first kappa shape index (κ1) is 9.30. The fraction of sp³-hybridized carbons (Fsp3) is 1.00.